The minimum absolute atomic E-state index is 0.141. The second-order valence-corrected chi connectivity index (χ2v) is 5.37. The fourth-order valence-electron chi connectivity index (χ4n) is 3.11. The van der Waals surface area contributed by atoms with Gasteiger partial charge in [-0.3, -0.25) is 4.90 Å². The number of piperazine rings is 1. The molecule has 0 aromatic rings. The molecular formula is C14H26N2O2. The largest absolute Gasteiger partial charge is 0.450 e. The molecule has 0 unspecified atom stereocenters. The van der Waals surface area contributed by atoms with Crippen molar-refractivity contribution in [2.24, 2.45) is 0 Å². The molecule has 2 fully saturated rings. The number of carbonyl (C=O) groups is 1. The third-order valence-electron chi connectivity index (χ3n) is 4.18. The van der Waals surface area contributed by atoms with Crippen LogP contribution >= 0.6 is 0 Å². The van der Waals surface area contributed by atoms with Gasteiger partial charge in [0, 0.05) is 32.2 Å². The van der Waals surface area contributed by atoms with Crippen molar-refractivity contribution < 1.29 is 9.53 Å². The third-order valence-corrected chi connectivity index (χ3v) is 4.18. The SMILES string of the molecule is CCOC(=O)N1CCN(C2CCCCCC2)CC1. The van der Waals surface area contributed by atoms with Gasteiger partial charge in [0.1, 0.15) is 0 Å². The molecule has 4 heteroatoms. The van der Waals surface area contributed by atoms with Crippen LogP contribution in [0.1, 0.15) is 45.4 Å². The van der Waals surface area contributed by atoms with Gasteiger partial charge in [-0.1, -0.05) is 25.7 Å². The van der Waals surface area contributed by atoms with Gasteiger partial charge in [0.25, 0.3) is 0 Å². The first-order valence-corrected chi connectivity index (χ1v) is 7.47. The van der Waals surface area contributed by atoms with E-state index in [9.17, 15) is 4.79 Å². The molecule has 0 radical (unpaired) electrons. The zero-order valence-corrected chi connectivity index (χ0v) is 11.6. The lowest BCUT2D eigenvalue weighted by molar-refractivity contribution is 0.0630. The zero-order chi connectivity index (χ0) is 12.8. The van der Waals surface area contributed by atoms with Crippen LogP contribution in [-0.2, 0) is 4.74 Å². The Bertz CT molecular complexity index is 255. The van der Waals surface area contributed by atoms with Crippen LogP contribution in [0.3, 0.4) is 0 Å². The van der Waals surface area contributed by atoms with Gasteiger partial charge in [-0.15, -0.1) is 0 Å². The van der Waals surface area contributed by atoms with Gasteiger partial charge in [-0.25, -0.2) is 4.79 Å². The van der Waals surface area contributed by atoms with Gasteiger partial charge in [-0.05, 0) is 19.8 Å². The number of hydrogen-bond donors (Lipinski definition) is 0. The summed E-state index contributed by atoms with van der Waals surface area (Å²) in [6, 6.07) is 0.761. The lowest BCUT2D eigenvalue weighted by Crippen LogP contribution is -2.52. The average Bonchev–Trinajstić information content (AvgIpc) is 2.68. The molecule has 1 aliphatic carbocycles. The molecule has 2 rings (SSSR count). The minimum atomic E-state index is -0.141. The molecule has 0 aromatic carbocycles. The van der Waals surface area contributed by atoms with Crippen LogP contribution in [0.25, 0.3) is 0 Å². The number of rotatable bonds is 2. The molecular weight excluding hydrogens is 228 g/mol. The topological polar surface area (TPSA) is 32.8 Å². The van der Waals surface area contributed by atoms with E-state index in [1.165, 1.54) is 38.5 Å². The van der Waals surface area contributed by atoms with Crippen LogP contribution in [0.4, 0.5) is 4.79 Å². The van der Waals surface area contributed by atoms with E-state index in [0.717, 1.165) is 32.2 Å². The minimum Gasteiger partial charge on any atom is -0.450 e. The third kappa shape index (κ3) is 3.61. The van der Waals surface area contributed by atoms with Crippen molar-refractivity contribution in [1.29, 1.82) is 0 Å². The van der Waals surface area contributed by atoms with E-state index in [0.29, 0.717) is 6.61 Å². The van der Waals surface area contributed by atoms with Crippen LogP contribution in [-0.4, -0.2) is 54.7 Å². The maximum atomic E-state index is 11.6. The van der Waals surface area contributed by atoms with Crippen LogP contribution in [0.15, 0.2) is 0 Å². The summed E-state index contributed by atoms with van der Waals surface area (Å²) in [4.78, 5) is 16.0. The number of amides is 1. The highest BCUT2D eigenvalue weighted by atomic mass is 16.6. The Labute approximate surface area is 110 Å². The molecule has 1 saturated heterocycles. The summed E-state index contributed by atoms with van der Waals surface area (Å²) in [5, 5.41) is 0. The van der Waals surface area contributed by atoms with Gasteiger partial charge in [-0.2, -0.15) is 0 Å². The molecule has 104 valence electrons. The monoisotopic (exact) mass is 254 g/mol. The van der Waals surface area contributed by atoms with Crippen LogP contribution in [0.2, 0.25) is 0 Å². The lowest BCUT2D eigenvalue weighted by Gasteiger charge is -2.38. The predicted molar refractivity (Wildman–Crippen MR) is 71.7 cm³/mol. The lowest BCUT2D eigenvalue weighted by atomic mass is 10.1. The Kier molecular flexibility index (Phi) is 5.29. The molecule has 18 heavy (non-hydrogen) atoms. The van der Waals surface area contributed by atoms with Crippen LogP contribution < -0.4 is 0 Å². The fourth-order valence-corrected chi connectivity index (χ4v) is 3.11. The van der Waals surface area contributed by atoms with Gasteiger partial charge in [0.2, 0.25) is 0 Å². The zero-order valence-electron chi connectivity index (χ0n) is 11.6. The predicted octanol–water partition coefficient (Wildman–Crippen LogP) is 2.48. The molecule has 1 amide bonds. The van der Waals surface area contributed by atoms with Crippen molar-refractivity contribution in [3.05, 3.63) is 0 Å². The Morgan fingerprint density at radius 2 is 1.67 bits per heavy atom. The highest BCUT2D eigenvalue weighted by molar-refractivity contribution is 5.67. The molecule has 0 bridgehead atoms. The van der Waals surface area contributed by atoms with Gasteiger partial charge >= 0.3 is 6.09 Å². The summed E-state index contributed by atoms with van der Waals surface area (Å²) in [6.45, 7) is 6.03. The first kappa shape index (κ1) is 13.7. The van der Waals surface area contributed by atoms with E-state index in [2.05, 4.69) is 4.90 Å². The molecule has 0 spiro atoms. The van der Waals surface area contributed by atoms with E-state index in [1.807, 2.05) is 11.8 Å². The first-order chi connectivity index (χ1) is 8.81. The normalized spacial score (nSPS) is 23.7. The highest BCUT2D eigenvalue weighted by Gasteiger charge is 2.26. The van der Waals surface area contributed by atoms with Gasteiger partial charge < -0.3 is 9.64 Å². The van der Waals surface area contributed by atoms with Crippen LogP contribution in [0.5, 0.6) is 0 Å². The van der Waals surface area contributed by atoms with Crippen molar-refractivity contribution in [3.8, 4) is 0 Å². The highest BCUT2D eigenvalue weighted by Crippen LogP contribution is 2.22. The molecule has 0 aromatic heterocycles. The summed E-state index contributed by atoms with van der Waals surface area (Å²) in [7, 11) is 0. The van der Waals surface area contributed by atoms with E-state index in [-0.39, 0.29) is 6.09 Å². The second-order valence-electron chi connectivity index (χ2n) is 5.37. The summed E-state index contributed by atoms with van der Waals surface area (Å²) >= 11 is 0. The van der Waals surface area contributed by atoms with E-state index < -0.39 is 0 Å². The Morgan fingerprint density at radius 1 is 1.06 bits per heavy atom. The average molecular weight is 254 g/mol. The molecule has 0 atom stereocenters. The fraction of sp³-hybridized carbons (Fsp3) is 0.929. The Hall–Kier alpha value is -0.770. The maximum absolute atomic E-state index is 11.6. The van der Waals surface area contributed by atoms with E-state index in [1.54, 1.807) is 0 Å². The van der Waals surface area contributed by atoms with E-state index in [4.69, 9.17) is 4.74 Å². The molecule has 4 nitrogen and oxygen atoms in total. The molecule has 1 heterocycles. The molecule has 1 aliphatic heterocycles. The summed E-state index contributed by atoms with van der Waals surface area (Å²) in [5.74, 6) is 0. The van der Waals surface area contributed by atoms with Crippen molar-refractivity contribution in [2.75, 3.05) is 32.8 Å². The maximum Gasteiger partial charge on any atom is 0.409 e. The van der Waals surface area contributed by atoms with Gasteiger partial charge in [0.15, 0.2) is 0 Å². The number of ether oxygens (including phenoxy) is 1. The number of carbonyl (C=O) groups excluding carboxylic acids is 1. The molecule has 0 N–H and O–H groups in total. The Morgan fingerprint density at radius 3 is 2.22 bits per heavy atom. The quantitative estimate of drug-likeness (QED) is 0.710. The standard InChI is InChI=1S/C14H26N2O2/c1-2-18-14(17)16-11-9-15(10-12-16)13-7-5-3-4-6-8-13/h13H,2-12H2,1H3. The van der Waals surface area contributed by atoms with Crippen molar-refractivity contribution in [1.82, 2.24) is 9.80 Å². The second kappa shape index (κ2) is 6.98. The molecule has 1 saturated carbocycles. The first-order valence-electron chi connectivity index (χ1n) is 7.47. The van der Waals surface area contributed by atoms with Crippen LogP contribution in [0, 0.1) is 0 Å². The Balaban J connectivity index is 1.76. The summed E-state index contributed by atoms with van der Waals surface area (Å²) < 4.78 is 5.05. The summed E-state index contributed by atoms with van der Waals surface area (Å²) in [6.07, 6.45) is 8.11. The van der Waals surface area contributed by atoms with Crippen molar-refractivity contribution in [2.45, 2.75) is 51.5 Å². The number of hydrogen-bond acceptors (Lipinski definition) is 3. The smallest absolute Gasteiger partial charge is 0.409 e. The van der Waals surface area contributed by atoms with Crippen molar-refractivity contribution in [3.63, 3.8) is 0 Å². The van der Waals surface area contributed by atoms with E-state index >= 15 is 0 Å². The van der Waals surface area contributed by atoms with Crippen molar-refractivity contribution >= 4 is 6.09 Å². The number of nitrogens with zero attached hydrogens (tertiary/aromatic N) is 2. The summed E-state index contributed by atoms with van der Waals surface area (Å²) in [5.41, 5.74) is 0. The van der Waals surface area contributed by atoms with Gasteiger partial charge in [0.05, 0.1) is 6.61 Å². The molecule has 2 aliphatic rings.